The number of rotatable bonds is 3. The molecule has 0 radical (unpaired) electrons. The van der Waals surface area contributed by atoms with Crippen LogP contribution in [-0.4, -0.2) is 18.0 Å². The maximum atomic E-state index is 11.9. The molecule has 0 bridgehead atoms. The molecule has 5 heteroatoms. The molecule has 1 fully saturated rings. The number of hydrogen-bond acceptors (Lipinski definition) is 3. The van der Waals surface area contributed by atoms with Crippen LogP contribution in [0.15, 0.2) is 24.3 Å². The molecule has 1 aliphatic rings. The SMILES string of the molecule is CC(C)Oc1ccccc1C1(C)NC(=O)NC1=O. The molecule has 5 nitrogen and oxygen atoms in total. The fourth-order valence-corrected chi connectivity index (χ4v) is 1.97. The summed E-state index contributed by atoms with van der Waals surface area (Å²) >= 11 is 0. The van der Waals surface area contributed by atoms with Crippen LogP contribution >= 0.6 is 0 Å². The van der Waals surface area contributed by atoms with Crippen LogP contribution in [0, 0.1) is 0 Å². The molecule has 1 unspecified atom stereocenters. The van der Waals surface area contributed by atoms with Crippen LogP contribution in [0.2, 0.25) is 0 Å². The Bertz CT molecular complexity index is 499. The van der Waals surface area contributed by atoms with Crippen LogP contribution in [0.1, 0.15) is 26.3 Å². The summed E-state index contributed by atoms with van der Waals surface area (Å²) in [6.45, 7) is 5.48. The lowest BCUT2D eigenvalue weighted by atomic mass is 9.91. The van der Waals surface area contributed by atoms with E-state index in [0.29, 0.717) is 11.3 Å². The number of carbonyl (C=O) groups excluding carboxylic acids is 2. The summed E-state index contributed by atoms with van der Waals surface area (Å²) in [5.74, 6) is 0.236. The lowest BCUT2D eigenvalue weighted by Crippen LogP contribution is -2.41. The normalized spacial score (nSPS) is 22.9. The summed E-state index contributed by atoms with van der Waals surface area (Å²) in [6.07, 6.45) is -0.00471. The molecular weight excluding hydrogens is 232 g/mol. The Morgan fingerprint density at radius 1 is 1.22 bits per heavy atom. The van der Waals surface area contributed by atoms with Gasteiger partial charge in [-0.3, -0.25) is 10.1 Å². The van der Waals surface area contributed by atoms with E-state index in [1.165, 1.54) is 0 Å². The summed E-state index contributed by atoms with van der Waals surface area (Å²) in [4.78, 5) is 23.2. The molecule has 1 heterocycles. The molecule has 1 aromatic rings. The predicted molar refractivity (Wildman–Crippen MR) is 66.2 cm³/mol. The number of carbonyl (C=O) groups is 2. The minimum Gasteiger partial charge on any atom is -0.491 e. The first kappa shape index (κ1) is 12.4. The number of hydrogen-bond donors (Lipinski definition) is 2. The van der Waals surface area contributed by atoms with Gasteiger partial charge in [0.05, 0.1) is 6.10 Å². The van der Waals surface area contributed by atoms with Crippen molar-refractivity contribution >= 4 is 11.9 Å². The molecule has 0 saturated carbocycles. The van der Waals surface area contributed by atoms with Gasteiger partial charge < -0.3 is 10.1 Å². The molecule has 2 N–H and O–H groups in total. The molecule has 3 amide bonds. The molecule has 96 valence electrons. The van der Waals surface area contributed by atoms with Gasteiger partial charge in [0.2, 0.25) is 0 Å². The molecule has 2 rings (SSSR count). The van der Waals surface area contributed by atoms with Gasteiger partial charge in [0.15, 0.2) is 0 Å². The van der Waals surface area contributed by atoms with Gasteiger partial charge in [-0.15, -0.1) is 0 Å². The van der Waals surface area contributed by atoms with Crippen molar-refractivity contribution in [1.82, 2.24) is 10.6 Å². The Kier molecular flexibility index (Phi) is 2.98. The molecule has 0 aromatic heterocycles. The van der Waals surface area contributed by atoms with Crippen LogP contribution in [0.5, 0.6) is 5.75 Å². The minimum atomic E-state index is -1.08. The molecule has 1 atom stereocenters. The van der Waals surface area contributed by atoms with Gasteiger partial charge in [-0.05, 0) is 26.8 Å². The van der Waals surface area contributed by atoms with E-state index in [-0.39, 0.29) is 12.0 Å². The zero-order chi connectivity index (χ0) is 13.3. The highest BCUT2D eigenvalue weighted by Crippen LogP contribution is 2.32. The van der Waals surface area contributed by atoms with Gasteiger partial charge in [-0.25, -0.2) is 4.79 Å². The average molecular weight is 248 g/mol. The Morgan fingerprint density at radius 3 is 2.44 bits per heavy atom. The van der Waals surface area contributed by atoms with Crippen LogP contribution in [-0.2, 0) is 10.3 Å². The zero-order valence-corrected chi connectivity index (χ0v) is 10.6. The van der Waals surface area contributed by atoms with Crippen molar-refractivity contribution in [3.8, 4) is 5.75 Å². The van der Waals surface area contributed by atoms with Crippen molar-refractivity contribution in [2.24, 2.45) is 0 Å². The van der Waals surface area contributed by atoms with E-state index in [2.05, 4.69) is 10.6 Å². The van der Waals surface area contributed by atoms with Crippen LogP contribution in [0.25, 0.3) is 0 Å². The molecule has 18 heavy (non-hydrogen) atoms. The Morgan fingerprint density at radius 2 is 1.89 bits per heavy atom. The fraction of sp³-hybridized carbons (Fsp3) is 0.385. The number of imide groups is 1. The van der Waals surface area contributed by atoms with E-state index in [0.717, 1.165) is 0 Å². The lowest BCUT2D eigenvalue weighted by Gasteiger charge is -2.24. The van der Waals surface area contributed by atoms with Crippen LogP contribution < -0.4 is 15.4 Å². The largest absolute Gasteiger partial charge is 0.491 e. The number of amides is 3. The molecule has 1 aliphatic heterocycles. The first-order valence-electron chi connectivity index (χ1n) is 5.83. The highest BCUT2D eigenvalue weighted by atomic mass is 16.5. The van der Waals surface area contributed by atoms with E-state index in [1.807, 2.05) is 26.0 Å². The quantitative estimate of drug-likeness (QED) is 0.797. The summed E-state index contributed by atoms with van der Waals surface area (Å²) < 4.78 is 5.68. The van der Waals surface area contributed by atoms with Crippen molar-refractivity contribution in [2.45, 2.75) is 32.4 Å². The Labute approximate surface area is 106 Å². The van der Waals surface area contributed by atoms with Gasteiger partial charge in [-0.1, -0.05) is 18.2 Å². The first-order chi connectivity index (χ1) is 8.43. The lowest BCUT2D eigenvalue weighted by molar-refractivity contribution is -0.123. The third kappa shape index (κ3) is 2.03. The van der Waals surface area contributed by atoms with Gasteiger partial charge in [0, 0.05) is 5.56 Å². The van der Waals surface area contributed by atoms with E-state index in [1.54, 1.807) is 19.1 Å². The van der Waals surface area contributed by atoms with Crippen LogP contribution in [0.3, 0.4) is 0 Å². The van der Waals surface area contributed by atoms with Gasteiger partial charge in [0.25, 0.3) is 5.91 Å². The van der Waals surface area contributed by atoms with Crippen molar-refractivity contribution in [3.63, 3.8) is 0 Å². The van der Waals surface area contributed by atoms with Crippen molar-refractivity contribution in [3.05, 3.63) is 29.8 Å². The number of ether oxygens (including phenoxy) is 1. The molecular formula is C13H16N2O3. The van der Waals surface area contributed by atoms with Gasteiger partial charge in [0.1, 0.15) is 11.3 Å². The predicted octanol–water partition coefficient (Wildman–Crippen LogP) is 1.53. The van der Waals surface area contributed by atoms with Crippen molar-refractivity contribution in [2.75, 3.05) is 0 Å². The van der Waals surface area contributed by atoms with Gasteiger partial charge >= 0.3 is 6.03 Å². The standard InChI is InChI=1S/C13H16N2O3/c1-8(2)18-10-7-5-4-6-9(10)13(3)11(16)14-12(17)15-13/h4-8H,1-3H3,(H2,14,15,16,17). The summed E-state index contributed by atoms with van der Waals surface area (Å²) in [5.41, 5.74) is -0.426. The first-order valence-corrected chi connectivity index (χ1v) is 5.83. The smallest absolute Gasteiger partial charge is 0.322 e. The Balaban J connectivity index is 2.44. The average Bonchev–Trinajstić information content (AvgIpc) is 2.53. The summed E-state index contributed by atoms with van der Waals surface area (Å²) in [6, 6.07) is 6.73. The molecule has 0 spiro atoms. The van der Waals surface area contributed by atoms with Crippen molar-refractivity contribution < 1.29 is 14.3 Å². The second-order valence-electron chi connectivity index (χ2n) is 4.70. The third-order valence-corrected chi connectivity index (χ3v) is 2.83. The maximum absolute atomic E-state index is 11.9. The number of nitrogens with one attached hydrogen (secondary N) is 2. The van der Waals surface area contributed by atoms with Crippen LogP contribution in [0.4, 0.5) is 4.79 Å². The number of urea groups is 1. The fourth-order valence-electron chi connectivity index (χ4n) is 1.97. The highest BCUT2D eigenvalue weighted by Gasteiger charge is 2.45. The second kappa shape index (κ2) is 4.33. The van der Waals surface area contributed by atoms with E-state index in [9.17, 15) is 9.59 Å². The van der Waals surface area contributed by atoms with Crippen molar-refractivity contribution in [1.29, 1.82) is 0 Å². The number of benzene rings is 1. The summed E-state index contributed by atoms with van der Waals surface area (Å²) in [5, 5.41) is 4.87. The van der Waals surface area contributed by atoms with E-state index >= 15 is 0 Å². The topological polar surface area (TPSA) is 67.4 Å². The zero-order valence-electron chi connectivity index (χ0n) is 10.6. The second-order valence-corrected chi connectivity index (χ2v) is 4.70. The maximum Gasteiger partial charge on any atom is 0.322 e. The van der Waals surface area contributed by atoms with Gasteiger partial charge in [-0.2, -0.15) is 0 Å². The number of para-hydroxylation sites is 1. The minimum absolute atomic E-state index is 0.00471. The highest BCUT2D eigenvalue weighted by molar-refractivity contribution is 6.07. The molecule has 1 saturated heterocycles. The molecule has 0 aliphatic carbocycles. The monoisotopic (exact) mass is 248 g/mol. The third-order valence-electron chi connectivity index (χ3n) is 2.83. The van der Waals surface area contributed by atoms with E-state index < -0.39 is 11.6 Å². The van der Waals surface area contributed by atoms with E-state index in [4.69, 9.17) is 4.74 Å². The summed E-state index contributed by atoms with van der Waals surface area (Å²) in [7, 11) is 0. The Hall–Kier alpha value is -2.04. The molecule has 1 aromatic carbocycles.